The normalized spacial score (nSPS) is 11.6. The van der Waals surface area contributed by atoms with Gasteiger partial charge in [-0.25, -0.2) is 0 Å². The molecule has 1 aromatic heterocycles. The molecule has 0 atom stereocenters. The van der Waals surface area contributed by atoms with Crippen molar-refractivity contribution in [1.82, 2.24) is 4.98 Å². The van der Waals surface area contributed by atoms with Gasteiger partial charge in [0.05, 0.1) is 0 Å². The highest BCUT2D eigenvalue weighted by Gasteiger charge is 2.22. The molecule has 3 N–H and O–H groups in total. The molecular formula is C7H9NO3. The molecule has 4 nitrogen and oxygen atoms in total. The summed E-state index contributed by atoms with van der Waals surface area (Å²) in [6.07, 6.45) is 1.39. The lowest BCUT2D eigenvalue weighted by Gasteiger charge is -2.12. The Kier molecular flexibility index (Phi) is 1.90. The number of aryl methyl sites for hydroxylation is 1. The highest BCUT2D eigenvalue weighted by atomic mass is 16.7. The van der Waals surface area contributed by atoms with Crippen LogP contribution >= 0.6 is 0 Å². The topological polar surface area (TPSA) is 73.6 Å². The number of nitrogens with zero attached hydrogens (tertiary/aromatic N) is 1. The number of hydrogen-bond donors (Lipinski definition) is 3. The second-order valence-corrected chi connectivity index (χ2v) is 2.35. The lowest BCUT2D eigenvalue weighted by Crippen LogP contribution is -2.25. The fourth-order valence-electron chi connectivity index (χ4n) is 0.720. The minimum Gasteiger partial charge on any atom is -0.338 e. The molecule has 0 unspecified atom stereocenters. The van der Waals surface area contributed by atoms with Gasteiger partial charge in [0.25, 0.3) is 0 Å². The van der Waals surface area contributed by atoms with Crippen molar-refractivity contribution >= 4 is 0 Å². The van der Waals surface area contributed by atoms with E-state index in [1.54, 1.807) is 13.0 Å². The van der Waals surface area contributed by atoms with Crippen molar-refractivity contribution in [2.45, 2.75) is 12.9 Å². The first kappa shape index (κ1) is 8.13. The van der Waals surface area contributed by atoms with Gasteiger partial charge in [-0.05, 0) is 24.6 Å². The van der Waals surface area contributed by atoms with Gasteiger partial charge in [-0.15, -0.1) is 0 Å². The number of aliphatic hydroxyl groups is 3. The summed E-state index contributed by atoms with van der Waals surface area (Å²) < 4.78 is 0. The van der Waals surface area contributed by atoms with E-state index in [9.17, 15) is 0 Å². The summed E-state index contributed by atoms with van der Waals surface area (Å²) >= 11 is 0. The van der Waals surface area contributed by atoms with Crippen LogP contribution in [0, 0.1) is 6.92 Å². The van der Waals surface area contributed by atoms with Crippen molar-refractivity contribution < 1.29 is 15.3 Å². The molecule has 0 aliphatic carbocycles. The van der Waals surface area contributed by atoms with Crippen molar-refractivity contribution in [2.24, 2.45) is 0 Å². The first-order valence-electron chi connectivity index (χ1n) is 3.10. The largest absolute Gasteiger partial charge is 0.338 e. The van der Waals surface area contributed by atoms with E-state index in [1.807, 2.05) is 0 Å². The first-order valence-corrected chi connectivity index (χ1v) is 3.10. The van der Waals surface area contributed by atoms with Crippen molar-refractivity contribution in [3.05, 3.63) is 29.6 Å². The van der Waals surface area contributed by atoms with E-state index < -0.39 is 5.97 Å². The Morgan fingerprint density at radius 3 is 2.36 bits per heavy atom. The summed E-state index contributed by atoms with van der Waals surface area (Å²) in [5, 5.41) is 26.0. The van der Waals surface area contributed by atoms with E-state index in [1.165, 1.54) is 12.3 Å². The third kappa shape index (κ3) is 1.98. The second-order valence-electron chi connectivity index (χ2n) is 2.35. The summed E-state index contributed by atoms with van der Waals surface area (Å²) in [5.41, 5.74) is 0.633. The van der Waals surface area contributed by atoms with Gasteiger partial charge in [0, 0.05) is 6.20 Å². The van der Waals surface area contributed by atoms with Gasteiger partial charge in [-0.3, -0.25) is 4.98 Å². The van der Waals surface area contributed by atoms with E-state index in [0.717, 1.165) is 5.56 Å². The third-order valence-electron chi connectivity index (χ3n) is 1.26. The van der Waals surface area contributed by atoms with Crippen LogP contribution in [0.4, 0.5) is 0 Å². The van der Waals surface area contributed by atoms with Gasteiger partial charge < -0.3 is 15.3 Å². The maximum Gasteiger partial charge on any atom is 0.322 e. The summed E-state index contributed by atoms with van der Waals surface area (Å²) in [4.78, 5) is 3.56. The average Bonchev–Trinajstić information content (AvgIpc) is 1.86. The number of pyridine rings is 1. The summed E-state index contributed by atoms with van der Waals surface area (Å²) in [7, 11) is 0. The fraction of sp³-hybridized carbons (Fsp3) is 0.286. The third-order valence-corrected chi connectivity index (χ3v) is 1.26. The van der Waals surface area contributed by atoms with Crippen LogP contribution in [0.2, 0.25) is 0 Å². The quantitative estimate of drug-likeness (QED) is 0.477. The predicted octanol–water partition coefficient (Wildman–Crippen LogP) is -0.523. The molecule has 0 saturated heterocycles. The molecule has 0 aromatic carbocycles. The summed E-state index contributed by atoms with van der Waals surface area (Å²) in [6.45, 7) is 1.76. The Bertz CT molecular complexity index is 254. The van der Waals surface area contributed by atoms with Crippen LogP contribution < -0.4 is 0 Å². The Hall–Kier alpha value is -0.970. The molecule has 1 heterocycles. The Labute approximate surface area is 63.8 Å². The smallest absolute Gasteiger partial charge is 0.322 e. The number of hydrogen-bond acceptors (Lipinski definition) is 4. The highest BCUT2D eigenvalue weighted by molar-refractivity contribution is 5.15. The van der Waals surface area contributed by atoms with Crippen molar-refractivity contribution in [2.75, 3.05) is 0 Å². The van der Waals surface area contributed by atoms with Crippen LogP contribution in [0.3, 0.4) is 0 Å². The Balaban J connectivity index is 3.06. The molecule has 60 valence electrons. The maximum absolute atomic E-state index is 8.66. The molecule has 0 aliphatic heterocycles. The van der Waals surface area contributed by atoms with Crippen LogP contribution in [-0.4, -0.2) is 20.3 Å². The van der Waals surface area contributed by atoms with E-state index in [2.05, 4.69) is 4.98 Å². The van der Waals surface area contributed by atoms with E-state index in [4.69, 9.17) is 15.3 Å². The molecule has 0 radical (unpaired) electrons. The minimum atomic E-state index is -2.83. The standard InChI is InChI=1S/C7H9NO3/c1-5-2-3-8-6(4-5)7(9,10)11/h2-4,9-11H,1H3. The van der Waals surface area contributed by atoms with Crippen molar-refractivity contribution in [3.8, 4) is 0 Å². The Morgan fingerprint density at radius 2 is 2.00 bits per heavy atom. The summed E-state index contributed by atoms with van der Waals surface area (Å²) in [5.74, 6) is -2.83. The molecule has 11 heavy (non-hydrogen) atoms. The zero-order valence-electron chi connectivity index (χ0n) is 6.02. The Morgan fingerprint density at radius 1 is 1.36 bits per heavy atom. The van der Waals surface area contributed by atoms with Crippen molar-refractivity contribution in [3.63, 3.8) is 0 Å². The fourth-order valence-corrected chi connectivity index (χ4v) is 0.720. The average molecular weight is 155 g/mol. The van der Waals surface area contributed by atoms with Gasteiger partial charge in [0.2, 0.25) is 0 Å². The van der Waals surface area contributed by atoms with Crippen LogP contribution in [0.15, 0.2) is 18.3 Å². The molecule has 0 fully saturated rings. The van der Waals surface area contributed by atoms with Crippen LogP contribution in [0.1, 0.15) is 11.3 Å². The molecule has 1 rings (SSSR count). The van der Waals surface area contributed by atoms with Gasteiger partial charge in [0.1, 0.15) is 5.69 Å². The molecule has 0 bridgehead atoms. The van der Waals surface area contributed by atoms with Crippen LogP contribution in [0.25, 0.3) is 0 Å². The zero-order valence-corrected chi connectivity index (χ0v) is 6.02. The van der Waals surface area contributed by atoms with Gasteiger partial charge >= 0.3 is 5.97 Å². The molecule has 0 spiro atoms. The molecule has 0 saturated carbocycles. The SMILES string of the molecule is Cc1ccnc(C(O)(O)O)c1. The van der Waals surface area contributed by atoms with Crippen LogP contribution in [0.5, 0.6) is 0 Å². The zero-order chi connectivity index (χ0) is 8.48. The maximum atomic E-state index is 8.66. The van der Waals surface area contributed by atoms with E-state index in [-0.39, 0.29) is 5.69 Å². The number of aromatic nitrogens is 1. The van der Waals surface area contributed by atoms with Gasteiger partial charge in [-0.1, -0.05) is 0 Å². The van der Waals surface area contributed by atoms with E-state index in [0.29, 0.717) is 0 Å². The van der Waals surface area contributed by atoms with Crippen LogP contribution in [-0.2, 0) is 5.97 Å². The molecular weight excluding hydrogens is 146 g/mol. The highest BCUT2D eigenvalue weighted by Crippen LogP contribution is 2.11. The molecule has 4 heteroatoms. The van der Waals surface area contributed by atoms with Gasteiger partial charge in [0.15, 0.2) is 0 Å². The lowest BCUT2D eigenvalue weighted by molar-refractivity contribution is -0.326. The number of rotatable bonds is 1. The first-order chi connectivity index (χ1) is 5.00. The van der Waals surface area contributed by atoms with Crippen molar-refractivity contribution in [1.29, 1.82) is 0 Å². The van der Waals surface area contributed by atoms with E-state index >= 15 is 0 Å². The molecule has 0 aliphatic rings. The summed E-state index contributed by atoms with van der Waals surface area (Å²) in [6, 6.07) is 3.08. The minimum absolute atomic E-state index is 0.169. The van der Waals surface area contributed by atoms with Gasteiger partial charge in [-0.2, -0.15) is 0 Å². The predicted molar refractivity (Wildman–Crippen MR) is 37.3 cm³/mol. The lowest BCUT2D eigenvalue weighted by atomic mass is 10.2. The second kappa shape index (κ2) is 2.58. The molecule has 1 aromatic rings. The monoisotopic (exact) mass is 155 g/mol. The molecule has 0 amide bonds.